The first kappa shape index (κ1) is 14.8. The second-order valence-electron chi connectivity index (χ2n) is 4.88. The number of carbonyl (C=O) groups excluding carboxylic acids is 2. The smallest absolute Gasteiger partial charge is 0.338 e. The summed E-state index contributed by atoms with van der Waals surface area (Å²) in [6.07, 6.45) is 2.78. The monoisotopic (exact) mass is 320 g/mol. The average molecular weight is 321 g/mol. The molecule has 0 spiro atoms. The second kappa shape index (κ2) is 5.26. The fraction of sp³-hybridized carbons (Fsp3) is 0.250. The molecule has 2 atom stereocenters. The molecule has 0 radical (unpaired) electrons. The quantitative estimate of drug-likeness (QED) is 0.631. The van der Waals surface area contributed by atoms with Crippen molar-refractivity contribution in [3.05, 3.63) is 58.1 Å². The molecule has 0 N–H and O–H groups in total. The minimum absolute atomic E-state index is 0.113. The molecular weight excluding hydrogens is 308 g/mol. The van der Waals surface area contributed by atoms with Crippen LogP contribution in [0.5, 0.6) is 0 Å². The molecule has 5 nitrogen and oxygen atoms in total. The third-order valence-electron chi connectivity index (χ3n) is 3.81. The van der Waals surface area contributed by atoms with E-state index in [1.54, 1.807) is 36.4 Å². The van der Waals surface area contributed by atoms with Crippen LogP contribution in [0.2, 0.25) is 5.02 Å². The van der Waals surface area contributed by atoms with E-state index in [2.05, 4.69) is 0 Å². The Balaban J connectivity index is 2.25. The summed E-state index contributed by atoms with van der Waals surface area (Å²) >= 11 is 6.26. The summed E-state index contributed by atoms with van der Waals surface area (Å²) in [5, 5.41) is 0.431. The number of ether oxygens (including phenoxy) is 3. The van der Waals surface area contributed by atoms with Gasteiger partial charge in [0.15, 0.2) is 0 Å². The van der Waals surface area contributed by atoms with Gasteiger partial charge in [-0.25, -0.2) is 9.59 Å². The van der Waals surface area contributed by atoms with E-state index in [0.29, 0.717) is 10.6 Å². The van der Waals surface area contributed by atoms with Crippen molar-refractivity contribution in [3.63, 3.8) is 0 Å². The molecule has 2 bridgehead atoms. The van der Waals surface area contributed by atoms with Crippen LogP contribution in [0.1, 0.15) is 5.56 Å². The highest BCUT2D eigenvalue weighted by Gasteiger charge is 2.56. The molecule has 0 aromatic heterocycles. The Bertz CT molecular complexity index is 721. The SMILES string of the molecule is COC(=O)C1=C(C(=O)OC)[C@@]2(c3ccccc3Cl)C=C[C@H]1O2. The van der Waals surface area contributed by atoms with Gasteiger partial charge in [0.05, 0.1) is 25.4 Å². The van der Waals surface area contributed by atoms with Gasteiger partial charge in [-0.3, -0.25) is 0 Å². The van der Waals surface area contributed by atoms with Gasteiger partial charge in [-0.05, 0) is 12.1 Å². The predicted octanol–water partition coefficient (Wildman–Crippen LogP) is 2.15. The number of fused-ring (bicyclic) bond motifs is 2. The zero-order valence-electron chi connectivity index (χ0n) is 12.0. The lowest BCUT2D eigenvalue weighted by atomic mass is 9.81. The zero-order valence-corrected chi connectivity index (χ0v) is 12.7. The molecule has 22 heavy (non-hydrogen) atoms. The van der Waals surface area contributed by atoms with Gasteiger partial charge in [-0.1, -0.05) is 35.9 Å². The average Bonchev–Trinajstić information content (AvgIpc) is 3.10. The summed E-state index contributed by atoms with van der Waals surface area (Å²) in [7, 11) is 2.50. The van der Waals surface area contributed by atoms with E-state index in [1.807, 2.05) is 0 Å². The van der Waals surface area contributed by atoms with E-state index in [0.717, 1.165) is 0 Å². The minimum atomic E-state index is -1.22. The van der Waals surface area contributed by atoms with E-state index in [4.69, 9.17) is 25.8 Å². The van der Waals surface area contributed by atoms with Gasteiger partial charge in [0.2, 0.25) is 0 Å². The Kier molecular flexibility index (Phi) is 3.54. The summed E-state index contributed by atoms with van der Waals surface area (Å²) in [5.74, 6) is -1.27. The van der Waals surface area contributed by atoms with Crippen LogP contribution in [0.15, 0.2) is 47.6 Å². The van der Waals surface area contributed by atoms with Crippen molar-refractivity contribution >= 4 is 23.5 Å². The number of hydrogen-bond donors (Lipinski definition) is 0. The van der Waals surface area contributed by atoms with Crippen molar-refractivity contribution in [2.45, 2.75) is 11.7 Å². The maximum atomic E-state index is 12.3. The molecule has 1 aromatic rings. The lowest BCUT2D eigenvalue weighted by Crippen LogP contribution is -2.30. The van der Waals surface area contributed by atoms with Crippen LogP contribution in [-0.2, 0) is 29.4 Å². The van der Waals surface area contributed by atoms with Crippen LogP contribution in [0.25, 0.3) is 0 Å². The Morgan fingerprint density at radius 2 is 1.86 bits per heavy atom. The largest absolute Gasteiger partial charge is 0.466 e. The van der Waals surface area contributed by atoms with Gasteiger partial charge >= 0.3 is 11.9 Å². The van der Waals surface area contributed by atoms with Gasteiger partial charge in [-0.2, -0.15) is 0 Å². The van der Waals surface area contributed by atoms with Crippen molar-refractivity contribution in [3.8, 4) is 0 Å². The van der Waals surface area contributed by atoms with Crippen LogP contribution in [0.3, 0.4) is 0 Å². The second-order valence-corrected chi connectivity index (χ2v) is 5.29. The fourth-order valence-electron chi connectivity index (χ4n) is 2.88. The van der Waals surface area contributed by atoms with Crippen LogP contribution in [0.4, 0.5) is 0 Å². The summed E-state index contributed by atoms with van der Waals surface area (Å²) < 4.78 is 15.5. The third kappa shape index (κ3) is 1.90. The Morgan fingerprint density at radius 1 is 1.18 bits per heavy atom. The maximum absolute atomic E-state index is 12.3. The van der Waals surface area contributed by atoms with Crippen molar-refractivity contribution in [2.75, 3.05) is 14.2 Å². The summed E-state index contributed by atoms with van der Waals surface area (Å²) in [5.41, 5.74) is -0.381. The molecular formula is C16H13ClO5. The van der Waals surface area contributed by atoms with E-state index in [9.17, 15) is 9.59 Å². The molecule has 0 saturated heterocycles. The molecule has 2 heterocycles. The number of rotatable bonds is 3. The number of halogens is 1. The topological polar surface area (TPSA) is 61.8 Å². The highest BCUT2D eigenvalue weighted by atomic mass is 35.5. The molecule has 0 amide bonds. The Hall–Kier alpha value is -2.11. The number of benzene rings is 1. The highest BCUT2D eigenvalue weighted by Crippen LogP contribution is 2.51. The first-order chi connectivity index (χ1) is 10.5. The van der Waals surface area contributed by atoms with Gasteiger partial charge < -0.3 is 14.2 Å². The highest BCUT2D eigenvalue weighted by molar-refractivity contribution is 6.31. The van der Waals surface area contributed by atoms with Gasteiger partial charge in [0.1, 0.15) is 11.7 Å². The standard InChI is InChI=1S/C16H13ClO5/c1-20-14(18)12-11-7-8-16(22-11,13(12)15(19)21-2)9-5-3-4-6-10(9)17/h3-8,11H,1-2H3/t11-,16+/m1/s1. The van der Waals surface area contributed by atoms with E-state index in [-0.39, 0.29) is 11.1 Å². The van der Waals surface area contributed by atoms with Crippen molar-refractivity contribution in [1.29, 1.82) is 0 Å². The molecule has 0 unspecified atom stereocenters. The molecule has 0 aliphatic carbocycles. The van der Waals surface area contributed by atoms with Gasteiger partial charge in [0, 0.05) is 10.6 Å². The molecule has 1 aromatic carbocycles. The van der Waals surface area contributed by atoms with Crippen molar-refractivity contribution < 1.29 is 23.8 Å². The molecule has 6 heteroatoms. The first-order valence-electron chi connectivity index (χ1n) is 6.58. The lowest BCUT2D eigenvalue weighted by Gasteiger charge is -2.26. The number of esters is 2. The van der Waals surface area contributed by atoms with Crippen LogP contribution < -0.4 is 0 Å². The molecule has 3 rings (SSSR count). The molecule has 2 aliphatic rings. The van der Waals surface area contributed by atoms with Gasteiger partial charge in [-0.15, -0.1) is 0 Å². The first-order valence-corrected chi connectivity index (χ1v) is 6.96. The van der Waals surface area contributed by atoms with Crippen molar-refractivity contribution in [2.24, 2.45) is 0 Å². The number of methoxy groups -OCH3 is 2. The third-order valence-corrected chi connectivity index (χ3v) is 4.14. The van der Waals surface area contributed by atoms with Crippen LogP contribution in [0, 0.1) is 0 Å². The number of hydrogen-bond acceptors (Lipinski definition) is 5. The van der Waals surface area contributed by atoms with E-state index in [1.165, 1.54) is 14.2 Å². The van der Waals surface area contributed by atoms with E-state index >= 15 is 0 Å². The maximum Gasteiger partial charge on any atom is 0.338 e. The molecule has 2 aliphatic heterocycles. The Morgan fingerprint density at radius 3 is 2.50 bits per heavy atom. The van der Waals surface area contributed by atoms with Crippen molar-refractivity contribution in [1.82, 2.24) is 0 Å². The Labute approximate surface area is 132 Å². The molecule has 114 valence electrons. The lowest BCUT2D eigenvalue weighted by molar-refractivity contribution is -0.139. The predicted molar refractivity (Wildman–Crippen MR) is 78.2 cm³/mol. The fourth-order valence-corrected chi connectivity index (χ4v) is 3.16. The normalized spacial score (nSPS) is 25.5. The molecule has 0 saturated carbocycles. The number of carbonyl (C=O) groups is 2. The summed E-state index contributed by atoms with van der Waals surface area (Å²) in [4.78, 5) is 24.3. The van der Waals surface area contributed by atoms with Gasteiger partial charge in [0.25, 0.3) is 0 Å². The summed E-state index contributed by atoms with van der Waals surface area (Å²) in [6, 6.07) is 7.00. The van der Waals surface area contributed by atoms with Crippen LogP contribution in [-0.4, -0.2) is 32.3 Å². The summed E-state index contributed by atoms with van der Waals surface area (Å²) in [6.45, 7) is 0. The minimum Gasteiger partial charge on any atom is -0.466 e. The van der Waals surface area contributed by atoms with Crippen LogP contribution >= 0.6 is 11.6 Å². The van der Waals surface area contributed by atoms with E-state index < -0.39 is 23.6 Å². The molecule has 0 fully saturated rings. The zero-order chi connectivity index (χ0) is 15.9.